The van der Waals surface area contributed by atoms with Crippen molar-refractivity contribution >= 4 is 23.5 Å². The SMILES string of the molecule is CCC1SCCSC1C(O)C1CC(C)(C)OC1(C)C. The van der Waals surface area contributed by atoms with Crippen molar-refractivity contribution in [2.24, 2.45) is 5.92 Å². The van der Waals surface area contributed by atoms with Gasteiger partial charge >= 0.3 is 0 Å². The summed E-state index contributed by atoms with van der Waals surface area (Å²) >= 11 is 4.00. The predicted octanol–water partition coefficient (Wildman–Crippen LogP) is 3.57. The van der Waals surface area contributed by atoms with E-state index in [1.807, 2.05) is 23.5 Å². The molecule has 2 rings (SSSR count). The van der Waals surface area contributed by atoms with Gasteiger partial charge in [-0.3, -0.25) is 0 Å². The molecule has 0 saturated carbocycles. The lowest BCUT2D eigenvalue weighted by atomic mass is 9.81. The van der Waals surface area contributed by atoms with Gasteiger partial charge < -0.3 is 9.84 Å². The molecule has 0 aliphatic carbocycles. The maximum Gasteiger partial charge on any atom is 0.0726 e. The van der Waals surface area contributed by atoms with Gasteiger partial charge in [0.05, 0.1) is 17.3 Å². The molecule has 2 nitrogen and oxygen atoms in total. The average Bonchev–Trinajstić information content (AvgIpc) is 2.56. The summed E-state index contributed by atoms with van der Waals surface area (Å²) in [6.45, 7) is 10.8. The van der Waals surface area contributed by atoms with Gasteiger partial charge in [0.25, 0.3) is 0 Å². The van der Waals surface area contributed by atoms with Crippen LogP contribution < -0.4 is 0 Å². The van der Waals surface area contributed by atoms with Gasteiger partial charge in [-0.15, -0.1) is 0 Å². The van der Waals surface area contributed by atoms with Crippen molar-refractivity contribution < 1.29 is 9.84 Å². The molecule has 4 atom stereocenters. The standard InChI is InChI=1S/C15H28O2S2/c1-6-11-13(19-8-7-18-11)12(16)10-9-14(2,3)17-15(10,4)5/h10-13,16H,6-9H2,1-5H3. The molecule has 0 aromatic carbocycles. The molecule has 0 bridgehead atoms. The molecule has 0 aromatic heterocycles. The van der Waals surface area contributed by atoms with Crippen molar-refractivity contribution in [2.75, 3.05) is 11.5 Å². The van der Waals surface area contributed by atoms with E-state index in [1.165, 1.54) is 11.5 Å². The van der Waals surface area contributed by atoms with E-state index in [0.717, 1.165) is 12.8 Å². The van der Waals surface area contributed by atoms with Gasteiger partial charge in [-0.1, -0.05) is 6.92 Å². The van der Waals surface area contributed by atoms with Crippen LogP contribution in [0.5, 0.6) is 0 Å². The monoisotopic (exact) mass is 304 g/mol. The summed E-state index contributed by atoms with van der Waals surface area (Å²) in [7, 11) is 0. The third kappa shape index (κ3) is 3.45. The number of rotatable bonds is 3. The van der Waals surface area contributed by atoms with Gasteiger partial charge in [0.15, 0.2) is 0 Å². The van der Waals surface area contributed by atoms with Crippen molar-refractivity contribution in [1.82, 2.24) is 0 Å². The fourth-order valence-electron chi connectivity index (χ4n) is 3.62. The quantitative estimate of drug-likeness (QED) is 0.863. The third-order valence-electron chi connectivity index (χ3n) is 4.39. The lowest BCUT2D eigenvalue weighted by Gasteiger charge is -2.39. The summed E-state index contributed by atoms with van der Waals surface area (Å²) in [5.74, 6) is 2.63. The molecule has 4 unspecified atom stereocenters. The Hall–Kier alpha value is 0.620. The molecule has 0 aromatic rings. The second-order valence-corrected chi connectivity index (χ2v) is 9.55. The summed E-state index contributed by atoms with van der Waals surface area (Å²) in [6, 6.07) is 0. The molecule has 2 fully saturated rings. The van der Waals surface area contributed by atoms with Gasteiger partial charge in [-0.25, -0.2) is 0 Å². The number of hydrogen-bond donors (Lipinski definition) is 1. The highest BCUT2D eigenvalue weighted by Crippen LogP contribution is 2.47. The maximum absolute atomic E-state index is 10.9. The first-order valence-electron chi connectivity index (χ1n) is 7.38. The molecular weight excluding hydrogens is 276 g/mol. The summed E-state index contributed by atoms with van der Waals surface area (Å²) < 4.78 is 6.15. The summed E-state index contributed by atoms with van der Waals surface area (Å²) in [6.07, 6.45) is 1.86. The summed E-state index contributed by atoms with van der Waals surface area (Å²) in [5, 5.41) is 11.9. The molecule has 2 heterocycles. The molecular formula is C15H28O2S2. The van der Waals surface area contributed by atoms with Crippen molar-refractivity contribution in [3.63, 3.8) is 0 Å². The fraction of sp³-hybridized carbons (Fsp3) is 1.00. The second kappa shape index (κ2) is 5.78. The van der Waals surface area contributed by atoms with Crippen LogP contribution in [-0.4, -0.2) is 44.4 Å². The van der Waals surface area contributed by atoms with Crippen LogP contribution in [0.2, 0.25) is 0 Å². The third-order valence-corrected chi connectivity index (χ3v) is 7.74. The molecule has 0 radical (unpaired) electrons. The Kier molecular flexibility index (Phi) is 4.87. The molecule has 2 saturated heterocycles. The summed E-state index contributed by atoms with van der Waals surface area (Å²) in [4.78, 5) is 0. The number of aliphatic hydroxyl groups is 1. The van der Waals surface area contributed by atoms with E-state index < -0.39 is 0 Å². The molecule has 112 valence electrons. The Morgan fingerprint density at radius 3 is 2.37 bits per heavy atom. The van der Waals surface area contributed by atoms with E-state index in [-0.39, 0.29) is 23.2 Å². The van der Waals surface area contributed by atoms with E-state index in [2.05, 4.69) is 34.6 Å². The van der Waals surface area contributed by atoms with Crippen molar-refractivity contribution in [2.45, 2.75) is 75.3 Å². The fourth-order valence-corrected chi connectivity index (χ4v) is 6.82. The second-order valence-electron chi connectivity index (χ2n) is 6.92. The highest BCUT2D eigenvalue weighted by Gasteiger charge is 2.51. The predicted molar refractivity (Wildman–Crippen MR) is 86.1 cm³/mol. The van der Waals surface area contributed by atoms with E-state index >= 15 is 0 Å². The smallest absolute Gasteiger partial charge is 0.0726 e. The Bertz CT molecular complexity index is 317. The zero-order valence-corrected chi connectivity index (χ0v) is 14.4. The molecule has 0 spiro atoms. The topological polar surface area (TPSA) is 29.5 Å². The van der Waals surface area contributed by atoms with Crippen LogP contribution in [0.4, 0.5) is 0 Å². The first-order chi connectivity index (χ1) is 8.77. The summed E-state index contributed by atoms with van der Waals surface area (Å²) in [5.41, 5.74) is -0.326. The highest BCUT2D eigenvalue weighted by atomic mass is 32.2. The Balaban J connectivity index is 2.12. The lowest BCUT2D eigenvalue weighted by molar-refractivity contribution is -0.0875. The van der Waals surface area contributed by atoms with E-state index in [4.69, 9.17) is 4.74 Å². The van der Waals surface area contributed by atoms with E-state index in [9.17, 15) is 5.11 Å². The average molecular weight is 305 g/mol. The molecule has 2 aliphatic rings. The van der Waals surface area contributed by atoms with Crippen molar-refractivity contribution in [3.8, 4) is 0 Å². The van der Waals surface area contributed by atoms with E-state index in [1.54, 1.807) is 0 Å². The normalized spacial score (nSPS) is 39.2. The van der Waals surface area contributed by atoms with Crippen LogP contribution >= 0.6 is 23.5 Å². The minimum Gasteiger partial charge on any atom is -0.392 e. The van der Waals surface area contributed by atoms with Crippen LogP contribution in [0, 0.1) is 5.92 Å². The highest BCUT2D eigenvalue weighted by molar-refractivity contribution is 8.07. The largest absolute Gasteiger partial charge is 0.392 e. The number of hydrogen-bond acceptors (Lipinski definition) is 4. The van der Waals surface area contributed by atoms with Crippen molar-refractivity contribution in [3.05, 3.63) is 0 Å². The van der Waals surface area contributed by atoms with Crippen LogP contribution in [0.1, 0.15) is 47.5 Å². The molecule has 4 heteroatoms. The van der Waals surface area contributed by atoms with Crippen LogP contribution in [-0.2, 0) is 4.74 Å². The van der Waals surface area contributed by atoms with Gasteiger partial charge in [-0.2, -0.15) is 23.5 Å². The van der Waals surface area contributed by atoms with Crippen molar-refractivity contribution in [1.29, 1.82) is 0 Å². The number of ether oxygens (including phenoxy) is 1. The number of thioether (sulfide) groups is 2. The molecule has 2 aliphatic heterocycles. The minimum absolute atomic E-state index is 0.108. The first-order valence-corrected chi connectivity index (χ1v) is 9.48. The Labute approximate surface area is 126 Å². The Morgan fingerprint density at radius 2 is 1.84 bits per heavy atom. The van der Waals surface area contributed by atoms with Crippen LogP contribution in [0.25, 0.3) is 0 Å². The van der Waals surface area contributed by atoms with Crippen LogP contribution in [0.15, 0.2) is 0 Å². The van der Waals surface area contributed by atoms with Gasteiger partial charge in [-0.05, 0) is 40.5 Å². The van der Waals surface area contributed by atoms with Gasteiger partial charge in [0.1, 0.15) is 0 Å². The first kappa shape index (κ1) is 16.0. The van der Waals surface area contributed by atoms with Gasteiger partial charge in [0.2, 0.25) is 0 Å². The zero-order chi connectivity index (χ0) is 14.3. The molecule has 19 heavy (non-hydrogen) atoms. The number of aliphatic hydroxyl groups excluding tert-OH is 1. The molecule has 1 N–H and O–H groups in total. The molecule has 0 amide bonds. The van der Waals surface area contributed by atoms with E-state index in [0.29, 0.717) is 10.5 Å². The Morgan fingerprint density at radius 1 is 1.21 bits per heavy atom. The van der Waals surface area contributed by atoms with Crippen LogP contribution in [0.3, 0.4) is 0 Å². The zero-order valence-electron chi connectivity index (χ0n) is 12.8. The minimum atomic E-state index is -0.250. The maximum atomic E-state index is 10.9. The van der Waals surface area contributed by atoms with Gasteiger partial charge in [0, 0.05) is 27.9 Å². The lowest BCUT2D eigenvalue weighted by Crippen LogP contribution is -2.46.